The summed E-state index contributed by atoms with van der Waals surface area (Å²) in [4.78, 5) is 7.18. The highest BCUT2D eigenvalue weighted by molar-refractivity contribution is 5.80. The number of aryl methyl sites for hydroxylation is 2. The van der Waals surface area contributed by atoms with Crippen molar-refractivity contribution in [2.45, 2.75) is 51.7 Å². The number of fused-ring (bicyclic) bond motifs is 1. The molecule has 2 aliphatic heterocycles. The molecule has 0 spiro atoms. The molecule has 4 heterocycles. The maximum Gasteiger partial charge on any atom is 0.194 e. The van der Waals surface area contributed by atoms with E-state index in [-0.39, 0.29) is 6.10 Å². The molecule has 0 radical (unpaired) electrons. The molecule has 1 fully saturated rings. The van der Waals surface area contributed by atoms with Gasteiger partial charge in [-0.1, -0.05) is 6.42 Å². The van der Waals surface area contributed by atoms with Gasteiger partial charge in [0, 0.05) is 57.8 Å². The van der Waals surface area contributed by atoms with Gasteiger partial charge in [0.05, 0.1) is 19.3 Å². The molecule has 29 heavy (non-hydrogen) atoms. The Balaban J connectivity index is 1.40. The number of nitrogens with one attached hydrogen (secondary N) is 1. The van der Waals surface area contributed by atoms with Crippen LogP contribution < -0.4 is 5.32 Å². The lowest BCUT2D eigenvalue weighted by Gasteiger charge is -2.34. The monoisotopic (exact) mass is 400 g/mol. The van der Waals surface area contributed by atoms with Gasteiger partial charge in [-0.15, -0.1) is 10.2 Å². The Hall–Kier alpha value is -2.42. The van der Waals surface area contributed by atoms with E-state index in [4.69, 9.17) is 9.73 Å². The van der Waals surface area contributed by atoms with Gasteiger partial charge in [0.15, 0.2) is 5.96 Å². The van der Waals surface area contributed by atoms with E-state index in [9.17, 15) is 0 Å². The fourth-order valence-corrected chi connectivity index (χ4v) is 4.07. The Morgan fingerprint density at radius 2 is 2.21 bits per heavy atom. The van der Waals surface area contributed by atoms with Crippen molar-refractivity contribution in [1.82, 2.24) is 34.8 Å². The summed E-state index contributed by atoms with van der Waals surface area (Å²) in [6.45, 7) is 6.98. The molecule has 1 saturated heterocycles. The van der Waals surface area contributed by atoms with Gasteiger partial charge in [-0.05, 0) is 19.8 Å². The number of morpholine rings is 1. The summed E-state index contributed by atoms with van der Waals surface area (Å²) in [5, 5.41) is 16.5. The second kappa shape index (κ2) is 9.39. The Morgan fingerprint density at radius 1 is 1.28 bits per heavy atom. The molecule has 1 atom stereocenters. The van der Waals surface area contributed by atoms with Gasteiger partial charge in [0.1, 0.15) is 17.8 Å². The number of rotatable bonds is 5. The minimum atomic E-state index is 0.0218. The first-order valence-electron chi connectivity index (χ1n) is 10.8. The molecule has 0 aliphatic carbocycles. The third-order valence-corrected chi connectivity index (χ3v) is 5.58. The zero-order valence-corrected chi connectivity index (χ0v) is 17.5. The number of hydrogen-bond acceptors (Lipinski definition) is 5. The molecule has 1 unspecified atom stereocenters. The summed E-state index contributed by atoms with van der Waals surface area (Å²) in [5.74, 6) is 3.15. The van der Waals surface area contributed by atoms with Crippen LogP contribution in [-0.2, 0) is 31.2 Å². The first-order valence-corrected chi connectivity index (χ1v) is 10.8. The second-order valence-electron chi connectivity index (χ2n) is 7.73. The average Bonchev–Trinajstić information content (AvgIpc) is 3.26. The standard InChI is InChI=1S/C20H32N8O/c1-3-21-20(27-11-12-29-17(15-27)16-13-23-26(2)14-16)22-9-8-19-25-24-18-7-5-4-6-10-28(18)19/h13-14,17H,3-12,15H2,1-2H3,(H,21,22). The van der Waals surface area contributed by atoms with E-state index in [1.807, 2.05) is 24.1 Å². The van der Waals surface area contributed by atoms with Crippen LogP contribution in [0.5, 0.6) is 0 Å². The van der Waals surface area contributed by atoms with Crippen LogP contribution in [-0.4, -0.2) is 68.2 Å². The van der Waals surface area contributed by atoms with Gasteiger partial charge < -0.3 is 19.5 Å². The molecule has 1 N–H and O–H groups in total. The summed E-state index contributed by atoms with van der Waals surface area (Å²) in [7, 11) is 1.93. The van der Waals surface area contributed by atoms with Crippen LogP contribution in [0.4, 0.5) is 0 Å². The molecule has 0 aromatic carbocycles. The van der Waals surface area contributed by atoms with E-state index < -0.39 is 0 Å². The smallest absolute Gasteiger partial charge is 0.194 e. The summed E-state index contributed by atoms with van der Waals surface area (Å²) in [6.07, 6.45) is 9.50. The van der Waals surface area contributed by atoms with Crippen LogP contribution in [0.3, 0.4) is 0 Å². The van der Waals surface area contributed by atoms with E-state index in [1.165, 1.54) is 19.3 Å². The number of aromatic nitrogens is 5. The molecule has 2 aromatic heterocycles. The van der Waals surface area contributed by atoms with Crippen LogP contribution in [0.2, 0.25) is 0 Å². The molecule has 0 amide bonds. The van der Waals surface area contributed by atoms with Gasteiger partial charge >= 0.3 is 0 Å². The largest absolute Gasteiger partial charge is 0.370 e. The molecule has 4 rings (SSSR count). The lowest BCUT2D eigenvalue weighted by molar-refractivity contribution is -0.00803. The predicted octanol–water partition coefficient (Wildman–Crippen LogP) is 1.32. The summed E-state index contributed by atoms with van der Waals surface area (Å²) >= 11 is 0. The zero-order valence-electron chi connectivity index (χ0n) is 17.5. The predicted molar refractivity (Wildman–Crippen MR) is 111 cm³/mol. The quantitative estimate of drug-likeness (QED) is 0.602. The highest BCUT2D eigenvalue weighted by Crippen LogP contribution is 2.21. The normalized spacial score (nSPS) is 20.4. The van der Waals surface area contributed by atoms with Crippen molar-refractivity contribution in [2.75, 3.05) is 32.8 Å². The fraction of sp³-hybridized carbons (Fsp3) is 0.700. The van der Waals surface area contributed by atoms with Crippen molar-refractivity contribution in [3.8, 4) is 0 Å². The molecule has 9 nitrogen and oxygen atoms in total. The molecule has 0 bridgehead atoms. The number of nitrogens with zero attached hydrogens (tertiary/aromatic N) is 7. The van der Waals surface area contributed by atoms with Crippen molar-refractivity contribution in [1.29, 1.82) is 0 Å². The van der Waals surface area contributed by atoms with Crippen molar-refractivity contribution in [3.05, 3.63) is 29.6 Å². The highest BCUT2D eigenvalue weighted by atomic mass is 16.5. The molecule has 9 heteroatoms. The molecular weight excluding hydrogens is 368 g/mol. The SMILES string of the molecule is CCNC(=NCCc1nnc2n1CCCCC2)N1CCOC(c2cnn(C)c2)C1. The Labute approximate surface area is 172 Å². The van der Waals surface area contributed by atoms with Gasteiger partial charge in [-0.3, -0.25) is 9.67 Å². The Morgan fingerprint density at radius 3 is 3.03 bits per heavy atom. The van der Waals surface area contributed by atoms with E-state index in [1.54, 1.807) is 0 Å². The van der Waals surface area contributed by atoms with Gasteiger partial charge in [0.2, 0.25) is 0 Å². The number of guanidine groups is 1. The van der Waals surface area contributed by atoms with Crippen molar-refractivity contribution >= 4 is 5.96 Å². The molecule has 2 aromatic rings. The summed E-state index contributed by atoms with van der Waals surface area (Å²) in [5.41, 5.74) is 1.11. The van der Waals surface area contributed by atoms with E-state index in [0.717, 1.165) is 62.2 Å². The van der Waals surface area contributed by atoms with Crippen LogP contribution >= 0.6 is 0 Å². The van der Waals surface area contributed by atoms with Gasteiger partial charge in [-0.25, -0.2) is 0 Å². The van der Waals surface area contributed by atoms with Crippen LogP contribution in [0, 0.1) is 0 Å². The minimum Gasteiger partial charge on any atom is -0.370 e. The maximum absolute atomic E-state index is 5.97. The van der Waals surface area contributed by atoms with Crippen LogP contribution in [0.1, 0.15) is 49.5 Å². The summed E-state index contributed by atoms with van der Waals surface area (Å²) < 4.78 is 10.1. The molecule has 158 valence electrons. The van der Waals surface area contributed by atoms with E-state index in [0.29, 0.717) is 13.2 Å². The van der Waals surface area contributed by atoms with Crippen LogP contribution in [0.25, 0.3) is 0 Å². The molecule has 2 aliphatic rings. The third-order valence-electron chi connectivity index (χ3n) is 5.58. The zero-order chi connectivity index (χ0) is 20.1. The number of hydrogen-bond donors (Lipinski definition) is 1. The maximum atomic E-state index is 5.97. The van der Waals surface area contributed by atoms with E-state index >= 15 is 0 Å². The average molecular weight is 401 g/mol. The topological polar surface area (TPSA) is 85.4 Å². The highest BCUT2D eigenvalue weighted by Gasteiger charge is 2.25. The Kier molecular flexibility index (Phi) is 6.43. The van der Waals surface area contributed by atoms with Gasteiger partial charge in [0.25, 0.3) is 0 Å². The number of aliphatic imine (C=N–C) groups is 1. The molecule has 0 saturated carbocycles. The lowest BCUT2D eigenvalue weighted by atomic mass is 10.1. The van der Waals surface area contributed by atoms with Crippen molar-refractivity contribution in [3.63, 3.8) is 0 Å². The van der Waals surface area contributed by atoms with Crippen molar-refractivity contribution in [2.24, 2.45) is 12.0 Å². The second-order valence-corrected chi connectivity index (χ2v) is 7.73. The van der Waals surface area contributed by atoms with E-state index in [2.05, 4.69) is 37.0 Å². The summed E-state index contributed by atoms with van der Waals surface area (Å²) in [6, 6.07) is 0. The first-order chi connectivity index (χ1) is 14.2. The van der Waals surface area contributed by atoms with Gasteiger partial charge in [-0.2, -0.15) is 5.10 Å². The number of ether oxygens (including phenoxy) is 1. The fourth-order valence-electron chi connectivity index (χ4n) is 4.07. The third kappa shape index (κ3) is 4.77. The lowest BCUT2D eigenvalue weighted by Crippen LogP contribution is -2.48. The first kappa shape index (κ1) is 19.9. The van der Waals surface area contributed by atoms with Crippen LogP contribution in [0.15, 0.2) is 17.4 Å². The minimum absolute atomic E-state index is 0.0218. The molecular formula is C20H32N8O. The Bertz CT molecular complexity index is 826. The van der Waals surface area contributed by atoms with Crippen molar-refractivity contribution < 1.29 is 4.74 Å².